The Morgan fingerprint density at radius 3 is 2.08 bits per heavy atom. The third kappa shape index (κ3) is 6.41. The second-order valence-electron chi connectivity index (χ2n) is 9.38. The summed E-state index contributed by atoms with van der Waals surface area (Å²) >= 11 is 5.63. The van der Waals surface area contributed by atoms with Crippen LogP contribution in [0.1, 0.15) is 32.1 Å². The number of carbonyl (C=O) groups excluding carboxylic acids is 2. The number of ether oxygens (including phenoxy) is 3. The summed E-state index contributed by atoms with van der Waals surface area (Å²) in [5.74, 6) is -3.28. The summed E-state index contributed by atoms with van der Waals surface area (Å²) < 4.78 is 66.5. The first kappa shape index (κ1) is 27.8. The summed E-state index contributed by atoms with van der Waals surface area (Å²) in [6, 6.07) is 6.81. The number of amides is 2. The van der Waals surface area contributed by atoms with Crippen molar-refractivity contribution in [3.63, 3.8) is 0 Å². The molecule has 3 saturated carbocycles. The second kappa shape index (κ2) is 11.2. The molecule has 2 amide bonds. The number of aliphatic hydroxyl groups is 1. The van der Waals surface area contributed by atoms with Crippen LogP contribution in [0.5, 0.6) is 17.2 Å². The molecular weight excluding hydrogens is 536 g/mol. The summed E-state index contributed by atoms with van der Waals surface area (Å²) in [6.07, 6.45) is 0.998. The Kier molecular flexibility index (Phi) is 8.22. The van der Waals surface area contributed by atoms with Gasteiger partial charge in [0.25, 0.3) is 11.8 Å². The summed E-state index contributed by atoms with van der Waals surface area (Å²) in [5, 5.41) is 16.5. The fourth-order valence-electron chi connectivity index (χ4n) is 4.93. The van der Waals surface area contributed by atoms with E-state index in [2.05, 4.69) is 15.4 Å². The van der Waals surface area contributed by atoms with E-state index < -0.39 is 59.6 Å². The number of alkyl halides is 2. The molecule has 0 radical (unpaired) electrons. The van der Waals surface area contributed by atoms with Crippen molar-refractivity contribution < 1.29 is 46.5 Å². The molecular formula is C25H25ClF4N2O6. The standard InChI is InChI=1S/C25H25ClF4N2O6/c26-16-3-1-14(9-17(16)27)37-13-22(35)32-25-7-5-24(6-8-25,11-20(25)33)31-21(34)12-36-15-2-4-19(18(28)10-15)38-23(29)30/h1-4,9-10,20,23,33H,5-8,11-13H2,(H,31,34)(H,32,35)/t20-,24?,25?/m0/s1. The van der Waals surface area contributed by atoms with Crippen molar-refractivity contribution in [2.24, 2.45) is 0 Å². The lowest BCUT2D eigenvalue weighted by molar-refractivity contribution is -0.137. The number of benzene rings is 2. The molecule has 3 aliphatic rings. The van der Waals surface area contributed by atoms with Gasteiger partial charge in [-0.25, -0.2) is 8.78 Å². The number of halogens is 5. The van der Waals surface area contributed by atoms with Crippen molar-refractivity contribution in [2.45, 2.75) is 55.9 Å². The van der Waals surface area contributed by atoms with Crippen LogP contribution in [-0.4, -0.2) is 53.9 Å². The van der Waals surface area contributed by atoms with Gasteiger partial charge in [0.1, 0.15) is 17.3 Å². The van der Waals surface area contributed by atoms with Crippen molar-refractivity contribution in [3.8, 4) is 17.2 Å². The zero-order valence-corrected chi connectivity index (χ0v) is 20.7. The first-order valence-corrected chi connectivity index (χ1v) is 12.1. The predicted octanol–water partition coefficient (Wildman–Crippen LogP) is 3.73. The highest BCUT2D eigenvalue weighted by Gasteiger charge is 2.55. The summed E-state index contributed by atoms with van der Waals surface area (Å²) in [6.45, 7) is -4.02. The summed E-state index contributed by atoms with van der Waals surface area (Å²) in [7, 11) is 0. The van der Waals surface area contributed by atoms with Crippen LogP contribution in [0.2, 0.25) is 5.02 Å². The zero-order valence-electron chi connectivity index (χ0n) is 19.9. The number of aliphatic hydroxyl groups excluding tert-OH is 1. The number of hydrogen-bond acceptors (Lipinski definition) is 6. The normalized spacial score (nSPS) is 24.1. The van der Waals surface area contributed by atoms with Crippen LogP contribution in [0.4, 0.5) is 17.6 Å². The Morgan fingerprint density at radius 2 is 1.53 bits per heavy atom. The number of rotatable bonds is 10. The topological polar surface area (TPSA) is 106 Å². The van der Waals surface area contributed by atoms with Gasteiger partial charge in [-0.3, -0.25) is 9.59 Å². The molecule has 0 unspecified atom stereocenters. The third-order valence-corrected chi connectivity index (χ3v) is 7.17. The Bertz CT molecular complexity index is 1190. The fraction of sp³-hybridized carbons (Fsp3) is 0.440. The maximum atomic E-state index is 13.8. The monoisotopic (exact) mass is 560 g/mol. The molecule has 2 aromatic rings. The van der Waals surface area contributed by atoms with E-state index >= 15 is 0 Å². The van der Waals surface area contributed by atoms with Crippen LogP contribution in [0.15, 0.2) is 36.4 Å². The minimum absolute atomic E-state index is 0.0469. The Balaban J connectivity index is 1.26. The molecule has 3 aliphatic carbocycles. The van der Waals surface area contributed by atoms with E-state index in [0.717, 1.165) is 18.2 Å². The number of hydrogen-bond donors (Lipinski definition) is 3. The molecule has 0 spiro atoms. The lowest BCUT2D eigenvalue weighted by Gasteiger charge is -2.56. The summed E-state index contributed by atoms with van der Waals surface area (Å²) in [4.78, 5) is 25.0. The van der Waals surface area contributed by atoms with Crippen molar-refractivity contribution in [2.75, 3.05) is 13.2 Å². The van der Waals surface area contributed by atoms with E-state index in [1.165, 1.54) is 18.2 Å². The van der Waals surface area contributed by atoms with Crippen molar-refractivity contribution in [1.29, 1.82) is 0 Å². The quantitative estimate of drug-likeness (QED) is 0.383. The predicted molar refractivity (Wildman–Crippen MR) is 126 cm³/mol. The van der Waals surface area contributed by atoms with Gasteiger partial charge in [-0.2, -0.15) is 8.78 Å². The van der Waals surface area contributed by atoms with Gasteiger partial charge < -0.3 is 30.0 Å². The summed E-state index contributed by atoms with van der Waals surface area (Å²) in [5.41, 5.74) is -1.59. The minimum Gasteiger partial charge on any atom is -0.484 e. The number of nitrogens with one attached hydrogen (secondary N) is 2. The molecule has 38 heavy (non-hydrogen) atoms. The van der Waals surface area contributed by atoms with E-state index in [1.807, 2.05) is 0 Å². The van der Waals surface area contributed by atoms with Crippen molar-refractivity contribution in [1.82, 2.24) is 10.6 Å². The van der Waals surface area contributed by atoms with Crippen molar-refractivity contribution >= 4 is 23.4 Å². The van der Waals surface area contributed by atoms with E-state index in [-0.39, 0.29) is 29.5 Å². The molecule has 2 bridgehead atoms. The first-order valence-electron chi connectivity index (χ1n) is 11.7. The van der Waals surface area contributed by atoms with Gasteiger partial charge in [-0.15, -0.1) is 0 Å². The molecule has 2 aromatic carbocycles. The molecule has 3 fully saturated rings. The SMILES string of the molecule is O=C(COc1ccc(OC(F)F)c(F)c1)NC12CCC(NC(=O)COc3ccc(Cl)c(F)c3)(CC1)[C@@H](O)C2. The van der Waals surface area contributed by atoms with E-state index in [9.17, 15) is 32.3 Å². The lowest BCUT2D eigenvalue weighted by atomic mass is 9.60. The Hall–Kier alpha value is -3.25. The van der Waals surface area contributed by atoms with Gasteiger partial charge >= 0.3 is 6.61 Å². The highest BCUT2D eigenvalue weighted by atomic mass is 35.5. The van der Waals surface area contributed by atoms with Gasteiger partial charge in [0, 0.05) is 17.7 Å². The number of fused-ring (bicyclic) bond motifs is 3. The third-order valence-electron chi connectivity index (χ3n) is 6.86. The number of carbonyl (C=O) groups is 2. The largest absolute Gasteiger partial charge is 0.484 e. The zero-order chi connectivity index (χ0) is 27.5. The average molecular weight is 561 g/mol. The van der Waals surface area contributed by atoms with Crippen molar-refractivity contribution in [3.05, 3.63) is 53.1 Å². The molecule has 5 rings (SSSR count). The van der Waals surface area contributed by atoms with Gasteiger partial charge in [-0.1, -0.05) is 11.6 Å². The lowest BCUT2D eigenvalue weighted by Crippen LogP contribution is -2.70. The van der Waals surface area contributed by atoms with Gasteiger partial charge in [0.15, 0.2) is 24.8 Å². The van der Waals surface area contributed by atoms with E-state index in [1.54, 1.807) is 0 Å². The Morgan fingerprint density at radius 1 is 0.947 bits per heavy atom. The molecule has 3 N–H and O–H groups in total. The Labute approximate surface area is 220 Å². The average Bonchev–Trinajstić information content (AvgIpc) is 2.86. The maximum absolute atomic E-state index is 13.8. The molecule has 0 saturated heterocycles. The molecule has 0 aliphatic heterocycles. The van der Waals surface area contributed by atoms with Gasteiger partial charge in [0.2, 0.25) is 0 Å². The molecule has 13 heteroatoms. The van der Waals surface area contributed by atoms with Gasteiger partial charge in [-0.05, 0) is 56.4 Å². The fourth-order valence-corrected chi connectivity index (χ4v) is 5.05. The van der Waals surface area contributed by atoms with Crippen LogP contribution in [0, 0.1) is 11.6 Å². The smallest absolute Gasteiger partial charge is 0.387 e. The van der Waals surface area contributed by atoms with E-state index in [4.69, 9.17) is 21.1 Å². The van der Waals surface area contributed by atoms with Crippen LogP contribution >= 0.6 is 11.6 Å². The van der Waals surface area contributed by atoms with Crippen LogP contribution < -0.4 is 24.8 Å². The van der Waals surface area contributed by atoms with Crippen LogP contribution in [0.3, 0.4) is 0 Å². The highest BCUT2D eigenvalue weighted by Crippen LogP contribution is 2.47. The van der Waals surface area contributed by atoms with E-state index in [0.29, 0.717) is 25.7 Å². The minimum atomic E-state index is -3.18. The second-order valence-corrected chi connectivity index (χ2v) is 9.78. The highest BCUT2D eigenvalue weighted by molar-refractivity contribution is 6.30. The maximum Gasteiger partial charge on any atom is 0.387 e. The van der Waals surface area contributed by atoms with Crippen LogP contribution in [-0.2, 0) is 9.59 Å². The first-order chi connectivity index (χ1) is 18.0. The van der Waals surface area contributed by atoms with Crippen LogP contribution in [0.25, 0.3) is 0 Å². The molecule has 0 heterocycles. The molecule has 1 atom stereocenters. The molecule has 0 aromatic heterocycles. The molecule has 206 valence electrons. The van der Waals surface area contributed by atoms with Gasteiger partial charge in [0.05, 0.1) is 16.7 Å². The molecule has 8 nitrogen and oxygen atoms in total.